The zero-order chi connectivity index (χ0) is 46.2. The van der Waals surface area contributed by atoms with Gasteiger partial charge in [-0.15, -0.1) is 0 Å². The van der Waals surface area contributed by atoms with Crippen molar-refractivity contribution in [2.24, 2.45) is 0 Å². The maximum Gasteiger partial charge on any atom is 0.327 e. The zero-order valence-corrected chi connectivity index (χ0v) is 38.6. The Morgan fingerprint density at radius 2 is 1.95 bits per heavy atom. The molecular formula is C37H45F2N9O12P2SSi. The number of nitrogens with one attached hydrogen (secondary N) is 2. The van der Waals surface area contributed by atoms with Crippen LogP contribution in [0.25, 0.3) is 22.2 Å². The van der Waals surface area contributed by atoms with E-state index >= 15 is 8.78 Å². The number of fused-ring (bicyclic) bond motifs is 2. The van der Waals surface area contributed by atoms with E-state index in [1.54, 1.807) is 30.3 Å². The van der Waals surface area contributed by atoms with Crippen LogP contribution in [0, 0.1) is 17.1 Å². The molecule has 2 aliphatic heterocycles. The van der Waals surface area contributed by atoms with E-state index in [1.165, 1.54) is 10.9 Å². The summed E-state index contributed by atoms with van der Waals surface area (Å²) in [6.07, 6.45) is -5.26. The van der Waals surface area contributed by atoms with Crippen LogP contribution in [0.2, 0.25) is 18.1 Å². The van der Waals surface area contributed by atoms with Gasteiger partial charge in [0.2, 0.25) is 0 Å². The minimum absolute atomic E-state index is 0.0410. The third-order valence-corrected chi connectivity index (χ3v) is 18.3. The number of aromatic amines is 1. The van der Waals surface area contributed by atoms with E-state index in [9.17, 15) is 29.4 Å². The third kappa shape index (κ3) is 9.52. The Morgan fingerprint density at radius 3 is 2.64 bits per heavy atom. The first-order valence-corrected chi connectivity index (χ1v) is 26.4. The van der Waals surface area contributed by atoms with Gasteiger partial charge in [0.05, 0.1) is 51.1 Å². The Bertz CT molecular complexity index is 2690. The zero-order valence-electron chi connectivity index (χ0n) is 34.9. The van der Waals surface area contributed by atoms with Gasteiger partial charge in [0.1, 0.15) is 30.0 Å². The summed E-state index contributed by atoms with van der Waals surface area (Å²) in [5, 5.41) is 21.4. The van der Waals surface area contributed by atoms with Crippen LogP contribution in [0.1, 0.15) is 50.2 Å². The molecule has 0 aliphatic carbocycles. The molecule has 0 radical (unpaired) electrons. The molecule has 0 bridgehead atoms. The number of hydrogen-bond donors (Lipinski definition) is 4. The highest BCUT2D eigenvalue weighted by Crippen LogP contribution is 2.56. The average molecular weight is 968 g/mol. The van der Waals surface area contributed by atoms with Crippen LogP contribution in [-0.4, -0.2) is 109 Å². The normalized spacial score (nSPS) is 25.4. The van der Waals surface area contributed by atoms with Gasteiger partial charge in [0.25, 0.3) is 17.4 Å². The Balaban J connectivity index is 1.17. The van der Waals surface area contributed by atoms with Crippen LogP contribution in [-0.2, 0) is 54.3 Å². The molecule has 1 amide bonds. The maximum absolute atomic E-state index is 16.8. The summed E-state index contributed by atoms with van der Waals surface area (Å²) in [5.41, 5.74) is -0.488. The van der Waals surface area contributed by atoms with E-state index in [0.717, 1.165) is 23.4 Å². The topological polar surface area (TPSA) is 269 Å². The number of benzene rings is 1. The monoisotopic (exact) mass is 967 g/mol. The van der Waals surface area contributed by atoms with Crippen LogP contribution in [0.5, 0.6) is 0 Å². The molecule has 344 valence electrons. The predicted molar refractivity (Wildman–Crippen MR) is 229 cm³/mol. The Morgan fingerprint density at radius 1 is 1.20 bits per heavy atom. The standard InChI is InChI=1S/C37H45F2N9O12P2SSi/c1-36(2,3)64(4,5)60-37(48-15-23(38)26-31(48)42-19-44-34(26)51)25(58-61(52)53)14-22(57-37)17-55-62(63,54-13-9-12-40)59-29-24(16-49)56-35(27(29)39)47-20-45-28-30(41-18-43-32(28)47)46-33(50)21-10-7-6-8-11-21/h6-8,10-11,15,18-20,22,24-25,27,29,35,49,61H,9,13-14,16-17H2,1-5H3,(H,52,53)(H,42,44,51)(H,41,43,46,50)/t22-,24-,25-,27-,29-,35-,37-,62?/m1/s1. The SMILES string of the molecule is CC(C)(C)[Si](C)(C)O[C@]1(n2cc(F)c3c(=O)[nH]cnc32)O[C@@H](COP(=S)(OCCC#N)O[C@H]2[C@@H](F)[C@H](n3cnc4c(NC(=O)c5ccccc5)ncnc43)O[C@@H]2CO)C[C@H]1O[PH](=O)O. The van der Waals surface area contributed by atoms with Crippen LogP contribution in [0.15, 0.2) is 60.3 Å². The first-order valence-electron chi connectivity index (χ1n) is 19.7. The molecule has 64 heavy (non-hydrogen) atoms. The predicted octanol–water partition coefficient (Wildman–Crippen LogP) is 4.93. The average Bonchev–Trinajstić information content (AvgIpc) is 4.00. The summed E-state index contributed by atoms with van der Waals surface area (Å²) in [7, 11) is -6.76. The van der Waals surface area contributed by atoms with Crippen molar-refractivity contribution in [3.8, 4) is 6.07 Å². The lowest BCUT2D eigenvalue weighted by atomic mass is 10.1. The number of ether oxygens (including phenoxy) is 2. The first kappa shape index (κ1) is 47.7. The van der Waals surface area contributed by atoms with Crippen molar-refractivity contribution in [3.05, 3.63) is 77.2 Å². The summed E-state index contributed by atoms with van der Waals surface area (Å²) in [4.78, 5) is 55.0. The van der Waals surface area contributed by atoms with Crippen LogP contribution >= 0.6 is 15.0 Å². The van der Waals surface area contributed by atoms with Gasteiger partial charge in [-0.3, -0.25) is 32.3 Å². The third-order valence-electron chi connectivity index (χ3n) is 11.0. The summed E-state index contributed by atoms with van der Waals surface area (Å²) < 4.78 is 90.1. The van der Waals surface area contributed by atoms with Crippen molar-refractivity contribution in [1.82, 2.24) is 34.1 Å². The number of hydrogen-bond acceptors (Lipinski definition) is 17. The first-order chi connectivity index (χ1) is 30.3. The highest BCUT2D eigenvalue weighted by atomic mass is 32.5. The molecule has 7 rings (SSSR count). The van der Waals surface area contributed by atoms with E-state index in [4.69, 9.17) is 43.8 Å². The molecule has 0 saturated carbocycles. The van der Waals surface area contributed by atoms with E-state index in [0.29, 0.717) is 5.56 Å². The van der Waals surface area contributed by atoms with Gasteiger partial charge in [0.15, 0.2) is 49.2 Å². The number of H-pyrrole nitrogens is 1. The molecule has 4 aromatic heterocycles. The molecule has 5 aromatic rings. The maximum atomic E-state index is 16.8. The lowest BCUT2D eigenvalue weighted by molar-refractivity contribution is -0.270. The number of aromatic nitrogens is 7. The minimum Gasteiger partial charge on any atom is -0.394 e. The molecule has 2 fully saturated rings. The van der Waals surface area contributed by atoms with Gasteiger partial charge in [0, 0.05) is 18.2 Å². The lowest BCUT2D eigenvalue weighted by Gasteiger charge is -2.45. The molecule has 0 spiro atoms. The minimum atomic E-state index is -4.14. The lowest BCUT2D eigenvalue weighted by Crippen LogP contribution is -2.55. The fourth-order valence-corrected chi connectivity index (χ4v) is 10.9. The fourth-order valence-electron chi connectivity index (χ4n) is 6.95. The number of imidazole rings is 1. The van der Waals surface area contributed by atoms with Gasteiger partial charge >= 0.3 is 15.0 Å². The molecule has 6 heterocycles. The van der Waals surface area contributed by atoms with Gasteiger partial charge in [-0.2, -0.15) is 5.26 Å². The van der Waals surface area contributed by atoms with Crippen LogP contribution in [0.3, 0.4) is 0 Å². The van der Waals surface area contributed by atoms with Crippen molar-refractivity contribution >= 4 is 69.0 Å². The Kier molecular flexibility index (Phi) is 14.1. The second-order valence-electron chi connectivity index (χ2n) is 16.2. The van der Waals surface area contributed by atoms with Crippen LogP contribution in [0.4, 0.5) is 14.6 Å². The molecule has 9 atom stereocenters. The number of aliphatic hydroxyl groups excluding tert-OH is 1. The van der Waals surface area contributed by atoms with Gasteiger partial charge in [-0.25, -0.2) is 28.7 Å². The van der Waals surface area contributed by atoms with E-state index in [-0.39, 0.29) is 42.1 Å². The smallest absolute Gasteiger partial charge is 0.327 e. The number of halogens is 2. The van der Waals surface area contributed by atoms with Crippen molar-refractivity contribution in [2.75, 3.05) is 25.1 Å². The van der Waals surface area contributed by atoms with Gasteiger partial charge in [-0.1, -0.05) is 39.0 Å². The fraction of sp³-hybridized carbons (Fsp3) is 0.486. The molecule has 4 N–H and O–H groups in total. The van der Waals surface area contributed by atoms with Gasteiger partial charge in [-0.05, 0) is 42.1 Å². The van der Waals surface area contributed by atoms with Crippen molar-refractivity contribution in [2.45, 2.75) is 94.5 Å². The molecule has 2 saturated heterocycles. The summed E-state index contributed by atoms with van der Waals surface area (Å²) in [6.45, 7) is 3.71. The van der Waals surface area contributed by atoms with E-state index in [2.05, 4.69) is 30.2 Å². The van der Waals surface area contributed by atoms with E-state index < -0.39 is 107 Å². The van der Waals surface area contributed by atoms with Crippen molar-refractivity contribution < 1.29 is 60.1 Å². The van der Waals surface area contributed by atoms with Crippen molar-refractivity contribution in [3.63, 3.8) is 0 Å². The summed E-state index contributed by atoms with van der Waals surface area (Å²) >= 11 is 5.77. The summed E-state index contributed by atoms with van der Waals surface area (Å²) in [6, 6.07) is 10.3. The number of amides is 1. The second kappa shape index (κ2) is 18.9. The number of aliphatic hydroxyl groups is 1. The second-order valence-corrected chi connectivity index (χ2v) is 24.7. The molecule has 2 unspecified atom stereocenters. The number of anilines is 1. The number of alkyl halides is 1. The Labute approximate surface area is 370 Å². The number of rotatable bonds is 17. The highest BCUT2D eigenvalue weighted by molar-refractivity contribution is 8.07. The quantitative estimate of drug-likeness (QED) is 0.0547. The number of carbonyl (C=O) groups excluding carboxylic acids is 1. The van der Waals surface area contributed by atoms with E-state index in [1.807, 2.05) is 39.9 Å². The number of nitrogens with zero attached hydrogens (tertiary/aromatic N) is 7. The molecule has 27 heteroatoms. The van der Waals surface area contributed by atoms with Gasteiger partial charge < -0.3 is 43.2 Å². The number of nitriles is 1. The highest BCUT2D eigenvalue weighted by Gasteiger charge is 2.59. The largest absolute Gasteiger partial charge is 0.394 e. The number of carbonyl (C=O) groups is 1. The molecule has 21 nitrogen and oxygen atoms in total. The Hall–Kier alpha value is -4.25. The van der Waals surface area contributed by atoms with Crippen LogP contribution < -0.4 is 10.9 Å². The molecule has 1 aromatic carbocycles. The van der Waals surface area contributed by atoms with Crippen molar-refractivity contribution in [1.29, 1.82) is 5.26 Å². The molecule has 2 aliphatic rings. The molecular weight excluding hydrogens is 923 g/mol. The summed E-state index contributed by atoms with van der Waals surface area (Å²) in [5.74, 6) is -3.64.